The van der Waals surface area contributed by atoms with E-state index in [9.17, 15) is 0 Å². The highest BCUT2D eigenvalue weighted by molar-refractivity contribution is 4.72. The minimum Gasteiger partial charge on any atom is -0.311 e. The highest BCUT2D eigenvalue weighted by atomic mass is 14.9. The van der Waals surface area contributed by atoms with Crippen molar-refractivity contribution in [1.82, 2.24) is 10.6 Å². The highest BCUT2D eigenvalue weighted by Gasteiger charge is 1.91. The Morgan fingerprint density at radius 1 is 0.875 bits per heavy atom. The molecule has 0 aliphatic rings. The number of nitrogens with one attached hydrogen (secondary N) is 2. The summed E-state index contributed by atoms with van der Waals surface area (Å²) in [6.07, 6.45) is 6.14. The average molecular weight is 226 g/mol. The Hall–Kier alpha value is -0.600. The number of rotatable bonds is 8. The van der Waals surface area contributed by atoms with Crippen molar-refractivity contribution in [2.45, 2.75) is 52.6 Å². The molecule has 0 saturated heterocycles. The first-order valence-electron chi connectivity index (χ1n) is 6.30. The van der Waals surface area contributed by atoms with Crippen molar-refractivity contribution in [1.29, 1.82) is 0 Å². The number of hydrogen-bond donors (Lipinski definition) is 2. The first kappa shape index (κ1) is 17.8. The van der Waals surface area contributed by atoms with E-state index in [0.29, 0.717) is 12.1 Å². The Balaban J connectivity index is 0. The van der Waals surface area contributed by atoms with Gasteiger partial charge in [-0.05, 0) is 26.7 Å². The van der Waals surface area contributed by atoms with E-state index in [4.69, 9.17) is 0 Å². The van der Waals surface area contributed by atoms with Crippen molar-refractivity contribution in [2.24, 2.45) is 0 Å². The van der Waals surface area contributed by atoms with Gasteiger partial charge in [-0.2, -0.15) is 0 Å². The zero-order valence-corrected chi connectivity index (χ0v) is 11.6. The minimum absolute atomic E-state index is 0.632. The van der Waals surface area contributed by atoms with Crippen LogP contribution in [0.3, 0.4) is 0 Å². The quantitative estimate of drug-likeness (QED) is 0.621. The third-order valence-electron chi connectivity index (χ3n) is 2.45. The molecule has 0 aromatic carbocycles. The van der Waals surface area contributed by atoms with Crippen LogP contribution in [0.4, 0.5) is 0 Å². The lowest BCUT2D eigenvalue weighted by Crippen LogP contribution is -2.24. The van der Waals surface area contributed by atoms with Gasteiger partial charge in [0, 0.05) is 25.2 Å². The van der Waals surface area contributed by atoms with Gasteiger partial charge in [-0.3, -0.25) is 0 Å². The summed E-state index contributed by atoms with van der Waals surface area (Å²) in [6.45, 7) is 17.7. The summed E-state index contributed by atoms with van der Waals surface area (Å²) < 4.78 is 0. The molecule has 0 aliphatic heterocycles. The molecule has 2 N–H and O–H groups in total. The Kier molecular flexibility index (Phi) is 16.0. The molecule has 0 radical (unpaired) electrons. The van der Waals surface area contributed by atoms with Gasteiger partial charge in [-0.1, -0.05) is 26.0 Å². The van der Waals surface area contributed by atoms with Crippen LogP contribution in [0.2, 0.25) is 0 Å². The third-order valence-corrected chi connectivity index (χ3v) is 2.45. The van der Waals surface area contributed by atoms with Crippen LogP contribution < -0.4 is 10.6 Å². The van der Waals surface area contributed by atoms with Gasteiger partial charge in [0.2, 0.25) is 0 Å². The van der Waals surface area contributed by atoms with Crippen molar-refractivity contribution in [3.8, 4) is 0 Å². The van der Waals surface area contributed by atoms with Gasteiger partial charge in [0.15, 0.2) is 0 Å². The van der Waals surface area contributed by atoms with Gasteiger partial charge in [0.25, 0.3) is 0 Å². The minimum atomic E-state index is 0.632. The molecule has 0 aliphatic carbocycles. The fourth-order valence-corrected chi connectivity index (χ4v) is 0.858. The molecule has 0 aromatic rings. The molecule has 2 atom stereocenters. The van der Waals surface area contributed by atoms with Crippen LogP contribution in [0.1, 0.15) is 40.5 Å². The molecular formula is C14H30N2. The predicted octanol–water partition coefficient (Wildman–Crippen LogP) is 3.12. The topological polar surface area (TPSA) is 24.1 Å². The first-order chi connectivity index (χ1) is 7.62. The fourth-order valence-electron chi connectivity index (χ4n) is 0.858. The summed E-state index contributed by atoms with van der Waals surface area (Å²) >= 11 is 0. The molecule has 2 heteroatoms. The third kappa shape index (κ3) is 15.9. The smallest absolute Gasteiger partial charge is 0.0134 e. The first-order valence-corrected chi connectivity index (χ1v) is 6.30. The van der Waals surface area contributed by atoms with E-state index in [1.54, 1.807) is 0 Å². The lowest BCUT2D eigenvalue weighted by atomic mass is 10.3. The van der Waals surface area contributed by atoms with E-state index in [1.807, 2.05) is 12.2 Å². The van der Waals surface area contributed by atoms with Gasteiger partial charge in [0.1, 0.15) is 0 Å². The second kappa shape index (κ2) is 14.4. The Morgan fingerprint density at radius 2 is 1.19 bits per heavy atom. The van der Waals surface area contributed by atoms with Crippen LogP contribution in [0, 0.1) is 0 Å². The predicted molar refractivity (Wildman–Crippen MR) is 75.9 cm³/mol. The molecule has 0 aromatic heterocycles. The van der Waals surface area contributed by atoms with Crippen LogP contribution in [-0.4, -0.2) is 25.2 Å². The maximum absolute atomic E-state index is 3.60. The van der Waals surface area contributed by atoms with Crippen LogP contribution >= 0.6 is 0 Å². The standard InChI is InChI=1S/2C7H15N/c2*1-4-6-8-7(3)5-2/h2*4,7-8H,1,5-6H2,2-3H3. The largest absolute Gasteiger partial charge is 0.311 e. The summed E-state index contributed by atoms with van der Waals surface area (Å²) in [5, 5.41) is 6.53. The van der Waals surface area contributed by atoms with Crippen molar-refractivity contribution < 1.29 is 0 Å². The Morgan fingerprint density at radius 3 is 1.38 bits per heavy atom. The second-order valence-electron chi connectivity index (χ2n) is 4.01. The monoisotopic (exact) mass is 226 g/mol. The summed E-state index contributed by atoms with van der Waals surface area (Å²) in [7, 11) is 0. The van der Waals surface area contributed by atoms with E-state index < -0.39 is 0 Å². The molecule has 2 unspecified atom stereocenters. The van der Waals surface area contributed by atoms with Gasteiger partial charge in [0.05, 0.1) is 0 Å². The van der Waals surface area contributed by atoms with E-state index in [1.165, 1.54) is 12.8 Å². The van der Waals surface area contributed by atoms with Crippen LogP contribution in [0.25, 0.3) is 0 Å². The lowest BCUT2D eigenvalue weighted by molar-refractivity contribution is 0.567. The molecule has 2 nitrogen and oxygen atoms in total. The van der Waals surface area contributed by atoms with E-state index in [-0.39, 0.29) is 0 Å². The van der Waals surface area contributed by atoms with Crippen LogP contribution in [0.15, 0.2) is 25.3 Å². The van der Waals surface area contributed by atoms with E-state index in [2.05, 4.69) is 51.5 Å². The summed E-state index contributed by atoms with van der Waals surface area (Å²) in [5.41, 5.74) is 0. The average Bonchev–Trinajstić information content (AvgIpc) is 2.33. The maximum Gasteiger partial charge on any atom is 0.0134 e. The maximum atomic E-state index is 3.60. The molecule has 0 spiro atoms. The van der Waals surface area contributed by atoms with Crippen molar-refractivity contribution in [3.63, 3.8) is 0 Å². The van der Waals surface area contributed by atoms with Crippen molar-refractivity contribution in [2.75, 3.05) is 13.1 Å². The van der Waals surface area contributed by atoms with Gasteiger partial charge < -0.3 is 10.6 Å². The van der Waals surface area contributed by atoms with Gasteiger partial charge >= 0.3 is 0 Å². The molecule has 0 rings (SSSR count). The molecule has 0 amide bonds. The SMILES string of the molecule is C=CCNC(C)CC.C=CCNC(C)CC. The van der Waals surface area contributed by atoms with Crippen molar-refractivity contribution in [3.05, 3.63) is 25.3 Å². The lowest BCUT2D eigenvalue weighted by Gasteiger charge is -2.06. The highest BCUT2D eigenvalue weighted by Crippen LogP contribution is 1.85. The van der Waals surface area contributed by atoms with E-state index in [0.717, 1.165) is 13.1 Å². The fraction of sp³-hybridized carbons (Fsp3) is 0.714. The normalized spacial score (nSPS) is 13.2. The Labute approximate surface area is 102 Å². The summed E-state index contributed by atoms with van der Waals surface area (Å²) in [5.74, 6) is 0. The molecule has 0 fully saturated rings. The van der Waals surface area contributed by atoms with Crippen LogP contribution in [-0.2, 0) is 0 Å². The van der Waals surface area contributed by atoms with Crippen molar-refractivity contribution >= 4 is 0 Å². The summed E-state index contributed by atoms with van der Waals surface area (Å²) in [4.78, 5) is 0. The zero-order chi connectivity index (χ0) is 12.8. The molecular weight excluding hydrogens is 196 g/mol. The van der Waals surface area contributed by atoms with Crippen LogP contribution in [0.5, 0.6) is 0 Å². The Bertz CT molecular complexity index is 137. The summed E-state index contributed by atoms with van der Waals surface area (Å²) in [6, 6.07) is 1.26. The van der Waals surface area contributed by atoms with E-state index >= 15 is 0 Å². The molecule has 0 bridgehead atoms. The molecule has 96 valence electrons. The van der Waals surface area contributed by atoms with Gasteiger partial charge in [-0.15, -0.1) is 13.2 Å². The molecule has 0 saturated carbocycles. The molecule has 0 heterocycles. The van der Waals surface area contributed by atoms with Gasteiger partial charge in [-0.25, -0.2) is 0 Å². The number of hydrogen-bond acceptors (Lipinski definition) is 2. The molecule has 16 heavy (non-hydrogen) atoms. The second-order valence-corrected chi connectivity index (χ2v) is 4.01. The zero-order valence-electron chi connectivity index (χ0n) is 11.6.